The number of benzene rings is 3. The molecule has 0 radical (unpaired) electrons. The van der Waals surface area contributed by atoms with E-state index in [0.29, 0.717) is 16.5 Å². The summed E-state index contributed by atoms with van der Waals surface area (Å²) in [6.45, 7) is -0.580. The molecular weight excluding hydrogens is 436 g/mol. The quantitative estimate of drug-likeness (QED) is 0.335. The van der Waals surface area contributed by atoms with Crippen LogP contribution in [0.4, 0.5) is 0 Å². The molecule has 0 amide bonds. The Morgan fingerprint density at radius 2 is 1.52 bits per heavy atom. The van der Waals surface area contributed by atoms with Gasteiger partial charge in [0.05, 0.1) is 27.9 Å². The molecule has 10 heteroatoms. The standard InChI is InChI=1S/C23H26O10/c1-29-14-8-12-10(6-13(14)25)4-5-11-7-15(21(30-2)22(31-3)17(11)12)32-23-20(28)19(27)18(26)16(9-24)33-23/h4-8,16,18-20,23-28H,9H2,1-3H3/t16-,18-,19+,20-,23+/m1/s1. The van der Waals surface area contributed by atoms with Gasteiger partial charge in [-0.05, 0) is 34.4 Å². The summed E-state index contributed by atoms with van der Waals surface area (Å²) < 4.78 is 27.8. The first-order valence-corrected chi connectivity index (χ1v) is 10.2. The van der Waals surface area contributed by atoms with Crippen molar-refractivity contribution in [3.63, 3.8) is 0 Å². The predicted octanol–water partition coefficient (Wildman–Crippen LogP) is 0.903. The molecule has 1 saturated heterocycles. The first kappa shape index (κ1) is 23.1. The smallest absolute Gasteiger partial charge is 0.229 e. The second-order valence-corrected chi connectivity index (χ2v) is 7.67. The van der Waals surface area contributed by atoms with E-state index in [9.17, 15) is 25.5 Å². The molecule has 1 aliphatic heterocycles. The van der Waals surface area contributed by atoms with E-state index in [2.05, 4.69) is 0 Å². The summed E-state index contributed by atoms with van der Waals surface area (Å²) in [6.07, 6.45) is -7.19. The Kier molecular flexibility index (Phi) is 6.37. The van der Waals surface area contributed by atoms with Crippen molar-refractivity contribution in [1.29, 1.82) is 0 Å². The summed E-state index contributed by atoms with van der Waals surface area (Å²) in [5.41, 5.74) is 0. The van der Waals surface area contributed by atoms with Gasteiger partial charge in [-0.3, -0.25) is 0 Å². The summed E-state index contributed by atoms with van der Waals surface area (Å²) in [4.78, 5) is 0. The van der Waals surface area contributed by atoms with Crippen LogP contribution in [-0.4, -0.2) is 84.2 Å². The average molecular weight is 462 g/mol. The van der Waals surface area contributed by atoms with Crippen LogP contribution in [0.25, 0.3) is 21.5 Å². The van der Waals surface area contributed by atoms with Crippen molar-refractivity contribution >= 4 is 21.5 Å². The maximum Gasteiger partial charge on any atom is 0.229 e. The number of methoxy groups -OCH3 is 3. The molecule has 33 heavy (non-hydrogen) atoms. The summed E-state index contributed by atoms with van der Waals surface area (Å²) in [6, 6.07) is 8.52. The molecule has 5 atom stereocenters. The van der Waals surface area contributed by atoms with E-state index in [1.807, 2.05) is 0 Å². The molecule has 0 saturated carbocycles. The average Bonchev–Trinajstić information content (AvgIpc) is 2.82. The lowest BCUT2D eigenvalue weighted by Gasteiger charge is -2.39. The third-order valence-corrected chi connectivity index (χ3v) is 5.79. The Morgan fingerprint density at radius 3 is 2.15 bits per heavy atom. The Hall–Kier alpha value is -3.02. The minimum Gasteiger partial charge on any atom is -0.504 e. The van der Waals surface area contributed by atoms with Crippen molar-refractivity contribution in [3.05, 3.63) is 30.3 Å². The van der Waals surface area contributed by atoms with Gasteiger partial charge in [0.15, 0.2) is 23.0 Å². The van der Waals surface area contributed by atoms with E-state index in [1.165, 1.54) is 21.3 Å². The summed E-state index contributed by atoms with van der Waals surface area (Å²) in [5, 5.41) is 52.9. The number of ether oxygens (including phenoxy) is 5. The molecule has 0 spiro atoms. The van der Waals surface area contributed by atoms with Gasteiger partial charge in [0, 0.05) is 5.39 Å². The van der Waals surface area contributed by atoms with Gasteiger partial charge < -0.3 is 49.2 Å². The van der Waals surface area contributed by atoms with Crippen LogP contribution in [0.1, 0.15) is 0 Å². The number of aliphatic hydroxyl groups excluding tert-OH is 4. The summed E-state index contributed by atoms with van der Waals surface area (Å²) in [5.74, 6) is 0.959. The Balaban J connectivity index is 1.86. The van der Waals surface area contributed by atoms with Gasteiger partial charge in [0.1, 0.15) is 24.4 Å². The predicted molar refractivity (Wildman–Crippen MR) is 117 cm³/mol. The molecule has 178 valence electrons. The van der Waals surface area contributed by atoms with E-state index >= 15 is 0 Å². The Morgan fingerprint density at radius 1 is 0.818 bits per heavy atom. The van der Waals surface area contributed by atoms with Crippen LogP contribution in [-0.2, 0) is 4.74 Å². The molecule has 3 aromatic carbocycles. The van der Waals surface area contributed by atoms with Crippen LogP contribution in [0.5, 0.6) is 28.7 Å². The third-order valence-electron chi connectivity index (χ3n) is 5.79. The molecule has 1 heterocycles. The molecule has 0 aliphatic carbocycles. The van der Waals surface area contributed by atoms with Gasteiger partial charge >= 0.3 is 0 Å². The van der Waals surface area contributed by atoms with Gasteiger partial charge in [-0.1, -0.05) is 12.1 Å². The second-order valence-electron chi connectivity index (χ2n) is 7.67. The minimum atomic E-state index is -1.59. The monoisotopic (exact) mass is 462 g/mol. The lowest BCUT2D eigenvalue weighted by molar-refractivity contribution is -0.277. The summed E-state index contributed by atoms with van der Waals surface area (Å²) in [7, 11) is 4.34. The van der Waals surface area contributed by atoms with Gasteiger partial charge in [0.25, 0.3) is 0 Å². The lowest BCUT2D eigenvalue weighted by atomic mass is 9.98. The molecule has 3 aromatic rings. The third kappa shape index (κ3) is 3.85. The van der Waals surface area contributed by atoms with Crippen LogP contribution in [0.3, 0.4) is 0 Å². The van der Waals surface area contributed by atoms with Crippen LogP contribution in [0.2, 0.25) is 0 Å². The molecule has 4 rings (SSSR count). The fourth-order valence-electron chi connectivity index (χ4n) is 4.09. The number of rotatable bonds is 6. The normalized spacial score (nSPS) is 25.2. The molecule has 5 N–H and O–H groups in total. The van der Waals surface area contributed by atoms with Crippen LogP contribution < -0.4 is 18.9 Å². The zero-order valence-electron chi connectivity index (χ0n) is 18.3. The van der Waals surface area contributed by atoms with Crippen molar-refractivity contribution in [3.8, 4) is 28.7 Å². The number of fused-ring (bicyclic) bond motifs is 3. The second kappa shape index (κ2) is 9.08. The highest BCUT2D eigenvalue weighted by Crippen LogP contribution is 2.48. The molecule has 1 aliphatic rings. The molecule has 10 nitrogen and oxygen atoms in total. The largest absolute Gasteiger partial charge is 0.504 e. The number of hydrogen-bond acceptors (Lipinski definition) is 10. The number of hydrogen-bond donors (Lipinski definition) is 5. The van der Waals surface area contributed by atoms with Gasteiger partial charge in [-0.25, -0.2) is 0 Å². The molecule has 0 bridgehead atoms. The Labute approximate surface area is 189 Å². The number of aromatic hydroxyl groups is 1. The maximum absolute atomic E-state index is 10.4. The highest BCUT2D eigenvalue weighted by Gasteiger charge is 2.45. The van der Waals surface area contributed by atoms with Crippen molar-refractivity contribution in [2.75, 3.05) is 27.9 Å². The molecule has 1 fully saturated rings. The number of phenols is 1. The van der Waals surface area contributed by atoms with Crippen molar-refractivity contribution in [2.24, 2.45) is 0 Å². The minimum absolute atomic E-state index is 0.00199. The highest BCUT2D eigenvalue weighted by atomic mass is 16.7. The van der Waals surface area contributed by atoms with Crippen molar-refractivity contribution in [2.45, 2.75) is 30.7 Å². The SMILES string of the molecule is COc1cc2c(ccc3cc(O[C@H]4O[C@H](CO)[C@@H](O)[C@H](O)[C@H]4O)c(OC)c(OC)c32)cc1O. The van der Waals surface area contributed by atoms with Gasteiger partial charge in [-0.15, -0.1) is 0 Å². The van der Waals surface area contributed by atoms with Crippen molar-refractivity contribution in [1.82, 2.24) is 0 Å². The van der Waals surface area contributed by atoms with E-state index in [-0.39, 0.29) is 23.0 Å². The van der Waals surface area contributed by atoms with Gasteiger partial charge in [-0.2, -0.15) is 0 Å². The van der Waals surface area contributed by atoms with Crippen molar-refractivity contribution < 1.29 is 49.2 Å². The molecule has 0 unspecified atom stereocenters. The maximum atomic E-state index is 10.4. The Bertz CT molecular complexity index is 1160. The van der Waals surface area contributed by atoms with E-state index in [0.717, 1.165) is 10.8 Å². The van der Waals surface area contributed by atoms with E-state index < -0.39 is 37.3 Å². The topological polar surface area (TPSA) is 147 Å². The van der Waals surface area contributed by atoms with E-state index in [4.69, 9.17) is 23.7 Å². The van der Waals surface area contributed by atoms with Crippen LogP contribution in [0.15, 0.2) is 30.3 Å². The highest BCUT2D eigenvalue weighted by molar-refractivity contribution is 6.13. The molecular formula is C23H26O10. The van der Waals surface area contributed by atoms with Gasteiger partial charge in [0.2, 0.25) is 12.0 Å². The summed E-state index contributed by atoms with van der Waals surface area (Å²) >= 11 is 0. The first-order chi connectivity index (χ1) is 15.8. The lowest BCUT2D eigenvalue weighted by Crippen LogP contribution is -2.60. The fourth-order valence-corrected chi connectivity index (χ4v) is 4.09. The van der Waals surface area contributed by atoms with Crippen LogP contribution in [0, 0.1) is 0 Å². The van der Waals surface area contributed by atoms with Crippen LogP contribution >= 0.6 is 0 Å². The zero-order valence-corrected chi connectivity index (χ0v) is 18.3. The number of phenolic OH excluding ortho intramolecular Hbond substituents is 1. The first-order valence-electron chi connectivity index (χ1n) is 10.2. The zero-order chi connectivity index (χ0) is 23.9. The van der Waals surface area contributed by atoms with E-state index in [1.54, 1.807) is 30.3 Å². The number of aliphatic hydroxyl groups is 4. The fraction of sp³-hybridized carbons (Fsp3) is 0.391. The molecule has 0 aromatic heterocycles.